The number of hydrogen-bond acceptors (Lipinski definition) is 3. The highest BCUT2D eigenvalue weighted by Gasteiger charge is 2.25. The van der Waals surface area contributed by atoms with Gasteiger partial charge in [-0.05, 0) is 32.0 Å². The minimum atomic E-state index is 0.104. The van der Waals surface area contributed by atoms with Crippen molar-refractivity contribution in [1.82, 2.24) is 10.2 Å². The van der Waals surface area contributed by atoms with Crippen LogP contribution in [0.4, 0.5) is 0 Å². The van der Waals surface area contributed by atoms with Crippen molar-refractivity contribution in [1.29, 1.82) is 0 Å². The van der Waals surface area contributed by atoms with Crippen LogP contribution in [-0.2, 0) is 4.79 Å². The lowest BCUT2D eigenvalue weighted by Crippen LogP contribution is -2.40. The van der Waals surface area contributed by atoms with Crippen LogP contribution in [0.25, 0.3) is 0 Å². The van der Waals surface area contributed by atoms with Crippen molar-refractivity contribution < 1.29 is 9.53 Å². The van der Waals surface area contributed by atoms with E-state index in [0.29, 0.717) is 13.0 Å². The Balaban J connectivity index is 2.19. The van der Waals surface area contributed by atoms with Gasteiger partial charge in [0.25, 0.3) is 0 Å². The summed E-state index contributed by atoms with van der Waals surface area (Å²) in [6.07, 6.45) is 4.29. The Bertz CT molecular complexity index is 456. The molecule has 1 saturated heterocycles. The van der Waals surface area contributed by atoms with Crippen LogP contribution in [0.1, 0.15) is 44.2 Å². The molecule has 21 heavy (non-hydrogen) atoms. The molecule has 0 saturated carbocycles. The molecule has 4 nitrogen and oxygen atoms in total. The monoisotopic (exact) mass is 290 g/mol. The summed E-state index contributed by atoms with van der Waals surface area (Å²) in [6, 6.07) is 8.32. The van der Waals surface area contributed by atoms with E-state index in [-0.39, 0.29) is 11.9 Å². The third-order valence-corrected chi connectivity index (χ3v) is 4.14. The molecule has 4 heteroatoms. The number of para-hydroxylation sites is 1. The molecule has 0 unspecified atom stereocenters. The Hall–Kier alpha value is -1.55. The van der Waals surface area contributed by atoms with Gasteiger partial charge in [0.05, 0.1) is 13.2 Å². The fourth-order valence-corrected chi connectivity index (χ4v) is 2.94. The number of amides is 1. The quantitative estimate of drug-likeness (QED) is 0.876. The highest BCUT2D eigenvalue weighted by Crippen LogP contribution is 2.30. The molecule has 2 rings (SSSR count). The van der Waals surface area contributed by atoms with Crippen LogP contribution >= 0.6 is 0 Å². The molecule has 1 N–H and O–H groups in total. The Morgan fingerprint density at radius 1 is 1.29 bits per heavy atom. The number of nitrogens with zero attached hydrogens (tertiary/aromatic N) is 1. The highest BCUT2D eigenvalue weighted by atomic mass is 16.5. The predicted molar refractivity (Wildman–Crippen MR) is 84.5 cm³/mol. The van der Waals surface area contributed by atoms with Crippen molar-refractivity contribution in [3.05, 3.63) is 29.8 Å². The normalized spacial score (nSPS) is 17.2. The standard InChI is InChI=1S/C17H26N2O2/c1-3-17(20)18-13-15(19-11-7-4-8-12-19)14-9-5-6-10-16(14)21-2/h5-6,9-10,15H,3-4,7-8,11-13H2,1-2H3,(H,18,20)/t15-/m0/s1. The Morgan fingerprint density at radius 2 is 2.00 bits per heavy atom. The molecule has 1 aromatic rings. The number of piperidine rings is 1. The number of nitrogens with one attached hydrogen (secondary N) is 1. The summed E-state index contributed by atoms with van der Waals surface area (Å²) < 4.78 is 5.51. The average Bonchev–Trinajstić information content (AvgIpc) is 2.56. The summed E-state index contributed by atoms with van der Waals surface area (Å²) in [7, 11) is 1.71. The predicted octanol–water partition coefficient (Wildman–Crippen LogP) is 2.75. The average molecular weight is 290 g/mol. The van der Waals surface area contributed by atoms with Crippen molar-refractivity contribution in [2.45, 2.75) is 38.6 Å². The van der Waals surface area contributed by atoms with Crippen LogP contribution < -0.4 is 10.1 Å². The van der Waals surface area contributed by atoms with Gasteiger partial charge in [0, 0.05) is 18.5 Å². The number of hydrogen-bond donors (Lipinski definition) is 1. The molecule has 116 valence electrons. The maximum Gasteiger partial charge on any atom is 0.219 e. The topological polar surface area (TPSA) is 41.6 Å². The summed E-state index contributed by atoms with van der Waals surface area (Å²) >= 11 is 0. The molecular weight excluding hydrogens is 264 g/mol. The number of benzene rings is 1. The number of ether oxygens (including phenoxy) is 1. The number of rotatable bonds is 6. The van der Waals surface area contributed by atoms with Gasteiger partial charge >= 0.3 is 0 Å². The van der Waals surface area contributed by atoms with Gasteiger partial charge in [0.1, 0.15) is 5.75 Å². The van der Waals surface area contributed by atoms with Gasteiger partial charge < -0.3 is 10.1 Å². The van der Waals surface area contributed by atoms with Gasteiger partial charge in [-0.25, -0.2) is 0 Å². The molecule has 1 aliphatic heterocycles. The third-order valence-electron chi connectivity index (χ3n) is 4.14. The molecule has 0 radical (unpaired) electrons. The summed E-state index contributed by atoms with van der Waals surface area (Å²) in [4.78, 5) is 14.1. The molecule has 1 amide bonds. The zero-order chi connectivity index (χ0) is 15.1. The maximum absolute atomic E-state index is 11.6. The first-order chi connectivity index (χ1) is 10.3. The van der Waals surface area contributed by atoms with E-state index < -0.39 is 0 Å². The summed E-state index contributed by atoms with van der Waals surface area (Å²) in [5, 5.41) is 3.04. The van der Waals surface area contributed by atoms with Gasteiger partial charge in [-0.3, -0.25) is 9.69 Å². The van der Waals surface area contributed by atoms with Gasteiger partial charge in [0.2, 0.25) is 5.91 Å². The lowest BCUT2D eigenvalue weighted by atomic mass is 10.0. The number of carbonyl (C=O) groups excluding carboxylic acids is 1. The second-order valence-corrected chi connectivity index (χ2v) is 5.51. The van der Waals surface area contributed by atoms with Crippen molar-refractivity contribution in [3.8, 4) is 5.75 Å². The zero-order valence-corrected chi connectivity index (χ0v) is 13.1. The first kappa shape index (κ1) is 15.8. The summed E-state index contributed by atoms with van der Waals surface area (Å²) in [5.41, 5.74) is 1.17. The van der Waals surface area contributed by atoms with Crippen molar-refractivity contribution >= 4 is 5.91 Å². The smallest absolute Gasteiger partial charge is 0.219 e. The van der Waals surface area contributed by atoms with Crippen molar-refractivity contribution in [2.75, 3.05) is 26.7 Å². The lowest BCUT2D eigenvalue weighted by molar-refractivity contribution is -0.121. The molecule has 0 aromatic heterocycles. The second-order valence-electron chi connectivity index (χ2n) is 5.51. The Kier molecular flexibility index (Phi) is 6.05. The van der Waals surface area contributed by atoms with Gasteiger partial charge in [-0.15, -0.1) is 0 Å². The minimum absolute atomic E-state index is 0.104. The lowest BCUT2D eigenvalue weighted by Gasteiger charge is -2.35. The minimum Gasteiger partial charge on any atom is -0.496 e. The Morgan fingerprint density at radius 3 is 2.67 bits per heavy atom. The van der Waals surface area contributed by atoms with Gasteiger partial charge in [0.15, 0.2) is 0 Å². The zero-order valence-electron chi connectivity index (χ0n) is 13.1. The molecule has 0 spiro atoms. The maximum atomic E-state index is 11.6. The summed E-state index contributed by atoms with van der Waals surface area (Å²) in [5.74, 6) is 1.01. The summed E-state index contributed by atoms with van der Waals surface area (Å²) in [6.45, 7) is 4.71. The van der Waals surface area contributed by atoms with Crippen LogP contribution in [-0.4, -0.2) is 37.6 Å². The van der Waals surface area contributed by atoms with E-state index in [1.165, 1.54) is 24.8 Å². The number of likely N-dealkylation sites (tertiary alicyclic amines) is 1. The molecule has 1 aromatic carbocycles. The second kappa shape index (κ2) is 8.03. The molecule has 1 aliphatic rings. The van der Waals surface area contributed by atoms with Crippen LogP contribution in [0.15, 0.2) is 24.3 Å². The number of methoxy groups -OCH3 is 1. The fourth-order valence-electron chi connectivity index (χ4n) is 2.94. The van der Waals surface area contributed by atoms with E-state index in [4.69, 9.17) is 4.74 Å². The highest BCUT2D eigenvalue weighted by molar-refractivity contribution is 5.75. The molecule has 1 atom stereocenters. The molecular formula is C17H26N2O2. The van der Waals surface area contributed by atoms with Gasteiger partial charge in [-0.1, -0.05) is 31.5 Å². The van der Waals surface area contributed by atoms with Crippen molar-refractivity contribution in [2.24, 2.45) is 0 Å². The first-order valence-electron chi connectivity index (χ1n) is 7.90. The first-order valence-corrected chi connectivity index (χ1v) is 7.90. The van der Waals surface area contributed by atoms with E-state index >= 15 is 0 Å². The van der Waals surface area contributed by atoms with Crippen LogP contribution in [0, 0.1) is 0 Å². The van der Waals surface area contributed by atoms with Crippen LogP contribution in [0.3, 0.4) is 0 Å². The van der Waals surface area contributed by atoms with E-state index in [1.54, 1.807) is 7.11 Å². The SMILES string of the molecule is CCC(=O)NC[C@@H](c1ccccc1OC)N1CCCCC1. The van der Waals surface area contributed by atoms with Crippen molar-refractivity contribution in [3.63, 3.8) is 0 Å². The fraction of sp³-hybridized carbons (Fsp3) is 0.588. The van der Waals surface area contributed by atoms with E-state index in [9.17, 15) is 4.79 Å². The van der Waals surface area contributed by atoms with Crippen LogP contribution in [0.5, 0.6) is 5.75 Å². The van der Waals surface area contributed by atoms with Crippen LogP contribution in [0.2, 0.25) is 0 Å². The molecule has 0 bridgehead atoms. The largest absolute Gasteiger partial charge is 0.496 e. The van der Waals surface area contributed by atoms with E-state index in [1.807, 2.05) is 25.1 Å². The molecule has 0 aliphatic carbocycles. The third kappa shape index (κ3) is 4.21. The Labute approximate surface area is 127 Å². The number of carbonyl (C=O) groups is 1. The molecule has 1 heterocycles. The van der Waals surface area contributed by atoms with Gasteiger partial charge in [-0.2, -0.15) is 0 Å². The van der Waals surface area contributed by atoms with E-state index in [2.05, 4.69) is 16.3 Å². The molecule has 1 fully saturated rings. The van der Waals surface area contributed by atoms with E-state index in [0.717, 1.165) is 18.8 Å².